The van der Waals surface area contributed by atoms with E-state index in [0.29, 0.717) is 0 Å². The van der Waals surface area contributed by atoms with Crippen molar-refractivity contribution in [1.82, 2.24) is 4.90 Å². The largest absolute Gasteiger partial charge is 0.480 e. The van der Waals surface area contributed by atoms with Crippen LogP contribution < -0.4 is 0 Å². The first kappa shape index (κ1) is 14.9. The molecule has 0 spiro atoms. The molecule has 1 N–H and O–H groups in total. The van der Waals surface area contributed by atoms with Crippen LogP contribution in [-0.2, 0) is 19.4 Å². The van der Waals surface area contributed by atoms with Crippen LogP contribution in [0.4, 0.5) is 0 Å². The second-order valence-electron chi connectivity index (χ2n) is 4.21. The van der Waals surface area contributed by atoms with E-state index >= 15 is 0 Å². The highest BCUT2D eigenvalue weighted by molar-refractivity contribution is 7.92. The molecule has 0 aromatic rings. The second kappa shape index (κ2) is 4.40. The maximum Gasteiger partial charge on any atom is 0.326 e. The average Bonchev–Trinajstić information content (AvgIpc) is 2.12. The van der Waals surface area contributed by atoms with Crippen molar-refractivity contribution >= 4 is 21.7 Å². The number of carbonyl (C=O) groups is 2. The highest BCUT2D eigenvalue weighted by Crippen LogP contribution is 2.19. The van der Waals surface area contributed by atoms with Crippen LogP contribution >= 0.6 is 0 Å². The molecule has 0 bridgehead atoms. The molecule has 1 amide bonds. The number of likely N-dealkylation sites (N-methyl/N-ethyl adjacent to an activating group) is 1. The Morgan fingerprint density at radius 3 is 1.94 bits per heavy atom. The Morgan fingerprint density at radius 1 is 1.31 bits per heavy atom. The van der Waals surface area contributed by atoms with Crippen molar-refractivity contribution in [1.29, 1.82) is 0 Å². The lowest BCUT2D eigenvalue weighted by molar-refractivity contribution is -0.148. The number of carbonyl (C=O) groups excluding carboxylic acids is 1. The highest BCUT2D eigenvalue weighted by atomic mass is 32.2. The van der Waals surface area contributed by atoms with Gasteiger partial charge in [0.2, 0.25) is 5.91 Å². The van der Waals surface area contributed by atoms with Crippen molar-refractivity contribution in [2.45, 2.75) is 31.6 Å². The third-order valence-electron chi connectivity index (χ3n) is 2.70. The number of aliphatic carboxylic acids is 1. The zero-order valence-electron chi connectivity index (χ0n) is 10.0. The van der Waals surface area contributed by atoms with E-state index in [1.165, 1.54) is 27.8 Å². The van der Waals surface area contributed by atoms with Gasteiger partial charge in [0.1, 0.15) is 10.8 Å². The predicted octanol–water partition coefficient (Wildman–Crippen LogP) is -0.259. The lowest BCUT2D eigenvalue weighted by Crippen LogP contribution is -2.52. The summed E-state index contributed by atoms with van der Waals surface area (Å²) in [6, 6.07) is -1.06. The lowest BCUT2D eigenvalue weighted by atomic mass is 10.1. The van der Waals surface area contributed by atoms with Gasteiger partial charge < -0.3 is 10.0 Å². The van der Waals surface area contributed by atoms with Crippen molar-refractivity contribution in [2.75, 3.05) is 13.3 Å². The maximum absolute atomic E-state index is 11.8. The van der Waals surface area contributed by atoms with E-state index in [0.717, 1.165) is 11.2 Å². The number of carboxylic acid groups (broad SMARTS) is 1. The Bertz CT molecular complexity index is 398. The lowest BCUT2D eigenvalue weighted by Gasteiger charge is -2.30. The van der Waals surface area contributed by atoms with Gasteiger partial charge in [-0.15, -0.1) is 0 Å². The van der Waals surface area contributed by atoms with Gasteiger partial charge in [-0.05, 0) is 20.8 Å². The number of hydrogen-bond acceptors (Lipinski definition) is 4. The summed E-state index contributed by atoms with van der Waals surface area (Å²) in [5.41, 5.74) is 0. The number of carboxylic acids is 1. The Balaban J connectivity index is 5.17. The summed E-state index contributed by atoms with van der Waals surface area (Å²) in [5.74, 6) is -1.91. The fraction of sp³-hybridized carbons (Fsp3) is 0.778. The molecule has 0 fully saturated rings. The first-order chi connectivity index (χ1) is 6.93. The minimum absolute atomic E-state index is 0.732. The van der Waals surface area contributed by atoms with Crippen LogP contribution in [0.15, 0.2) is 0 Å². The average molecular weight is 251 g/mol. The minimum atomic E-state index is -3.59. The molecular weight excluding hydrogens is 234 g/mol. The van der Waals surface area contributed by atoms with Crippen molar-refractivity contribution in [3.63, 3.8) is 0 Å². The van der Waals surface area contributed by atoms with Gasteiger partial charge in [0, 0.05) is 13.3 Å². The standard InChI is InChI=1S/C9H17NO5S/c1-6(7(11)12)10(4)8(13)9(2,3)16(5,14)15/h6H,1-5H3,(H,11,12). The molecule has 1 atom stereocenters. The van der Waals surface area contributed by atoms with E-state index in [9.17, 15) is 18.0 Å². The van der Waals surface area contributed by atoms with E-state index < -0.39 is 32.5 Å². The van der Waals surface area contributed by atoms with Crippen LogP contribution in [0.25, 0.3) is 0 Å². The van der Waals surface area contributed by atoms with Crippen molar-refractivity contribution in [2.24, 2.45) is 0 Å². The number of amides is 1. The Morgan fingerprint density at radius 2 is 1.69 bits per heavy atom. The van der Waals surface area contributed by atoms with Crippen LogP contribution in [0.3, 0.4) is 0 Å². The molecule has 94 valence electrons. The molecule has 0 rings (SSSR count). The molecule has 0 aliphatic rings. The van der Waals surface area contributed by atoms with Crippen LogP contribution in [0, 0.1) is 0 Å². The molecule has 16 heavy (non-hydrogen) atoms. The summed E-state index contributed by atoms with van der Waals surface area (Å²) in [6.45, 7) is 3.84. The summed E-state index contributed by atoms with van der Waals surface area (Å²) >= 11 is 0. The molecule has 0 aliphatic heterocycles. The zero-order valence-corrected chi connectivity index (χ0v) is 10.8. The fourth-order valence-electron chi connectivity index (χ4n) is 0.925. The summed E-state index contributed by atoms with van der Waals surface area (Å²) in [7, 11) is -2.32. The minimum Gasteiger partial charge on any atom is -0.480 e. The van der Waals surface area contributed by atoms with E-state index in [2.05, 4.69) is 0 Å². The zero-order chi connectivity index (χ0) is 13.3. The van der Waals surface area contributed by atoms with E-state index in [4.69, 9.17) is 5.11 Å². The molecule has 0 aliphatic carbocycles. The van der Waals surface area contributed by atoms with Gasteiger partial charge in [-0.3, -0.25) is 4.79 Å². The molecule has 0 radical (unpaired) electrons. The Labute approximate surface area is 95.2 Å². The topological polar surface area (TPSA) is 91.8 Å². The fourth-order valence-corrected chi connectivity index (χ4v) is 1.39. The summed E-state index contributed by atoms with van der Waals surface area (Å²) < 4.78 is 21.2. The molecule has 0 heterocycles. The number of rotatable bonds is 4. The van der Waals surface area contributed by atoms with Crippen LogP contribution in [0.2, 0.25) is 0 Å². The van der Waals surface area contributed by atoms with Crippen LogP contribution in [0.5, 0.6) is 0 Å². The molecule has 6 nitrogen and oxygen atoms in total. The molecule has 1 unspecified atom stereocenters. The summed E-state index contributed by atoms with van der Waals surface area (Å²) in [4.78, 5) is 23.4. The number of sulfone groups is 1. The van der Waals surface area contributed by atoms with Crippen molar-refractivity contribution < 1.29 is 23.1 Å². The van der Waals surface area contributed by atoms with Crippen LogP contribution in [0.1, 0.15) is 20.8 Å². The monoisotopic (exact) mass is 251 g/mol. The van der Waals surface area contributed by atoms with Crippen molar-refractivity contribution in [3.8, 4) is 0 Å². The van der Waals surface area contributed by atoms with Gasteiger partial charge in [0.15, 0.2) is 9.84 Å². The summed E-state index contributed by atoms with van der Waals surface area (Å²) in [5, 5.41) is 8.73. The normalized spacial score (nSPS) is 14.3. The third kappa shape index (κ3) is 2.72. The van der Waals surface area contributed by atoms with Gasteiger partial charge in [-0.25, -0.2) is 13.2 Å². The van der Waals surface area contributed by atoms with E-state index in [1.54, 1.807) is 0 Å². The predicted molar refractivity (Wildman–Crippen MR) is 58.8 cm³/mol. The first-order valence-corrected chi connectivity index (χ1v) is 6.51. The van der Waals surface area contributed by atoms with Gasteiger partial charge in [0.25, 0.3) is 0 Å². The Hall–Kier alpha value is -1.11. The first-order valence-electron chi connectivity index (χ1n) is 4.62. The van der Waals surface area contributed by atoms with Crippen molar-refractivity contribution in [3.05, 3.63) is 0 Å². The SMILES string of the molecule is CC(C(=O)O)N(C)C(=O)C(C)(C)S(C)(=O)=O. The number of hydrogen-bond donors (Lipinski definition) is 1. The summed E-state index contributed by atoms with van der Waals surface area (Å²) in [6.07, 6.45) is 0.949. The van der Waals surface area contributed by atoms with Gasteiger partial charge >= 0.3 is 5.97 Å². The van der Waals surface area contributed by atoms with Crippen LogP contribution in [-0.4, -0.2) is 54.4 Å². The van der Waals surface area contributed by atoms with Gasteiger partial charge in [-0.2, -0.15) is 0 Å². The molecule has 0 aromatic heterocycles. The molecule has 0 saturated heterocycles. The Kier molecular flexibility index (Phi) is 4.10. The maximum atomic E-state index is 11.8. The smallest absolute Gasteiger partial charge is 0.326 e. The second-order valence-corrected chi connectivity index (χ2v) is 6.78. The van der Waals surface area contributed by atoms with E-state index in [-0.39, 0.29) is 0 Å². The third-order valence-corrected chi connectivity index (χ3v) is 4.73. The quantitative estimate of drug-likeness (QED) is 0.743. The molecule has 0 aromatic carbocycles. The van der Waals surface area contributed by atoms with Gasteiger partial charge in [-0.1, -0.05) is 0 Å². The van der Waals surface area contributed by atoms with E-state index in [1.807, 2.05) is 0 Å². The highest BCUT2D eigenvalue weighted by Gasteiger charge is 2.42. The molecule has 7 heteroatoms. The molecule has 0 saturated carbocycles. The molecular formula is C9H17NO5S. The number of nitrogens with zero attached hydrogens (tertiary/aromatic N) is 1. The van der Waals surface area contributed by atoms with Gasteiger partial charge in [0.05, 0.1) is 0 Å².